The predicted molar refractivity (Wildman–Crippen MR) is 114 cm³/mol. The number of aryl methyl sites for hydroxylation is 1. The summed E-state index contributed by atoms with van der Waals surface area (Å²) < 4.78 is 32.0. The Kier molecular flexibility index (Phi) is 6.95. The smallest absolute Gasteiger partial charge is 0.413 e. The molecule has 0 aliphatic rings. The van der Waals surface area contributed by atoms with Gasteiger partial charge in [0.15, 0.2) is 0 Å². The molecule has 0 saturated carbocycles. The van der Waals surface area contributed by atoms with Gasteiger partial charge < -0.3 is 4.74 Å². The van der Waals surface area contributed by atoms with Crippen LogP contribution in [0.5, 0.6) is 0 Å². The van der Waals surface area contributed by atoms with Crippen molar-refractivity contribution in [2.24, 2.45) is 0 Å². The molecule has 0 unspecified atom stereocenters. The fraction of sp³-hybridized carbons (Fsp3) is 0.368. The number of benzene rings is 1. The fourth-order valence-corrected chi connectivity index (χ4v) is 6.31. The average molecular weight is 441 g/mol. The number of carbonyl (C=O) groups is 1. The van der Waals surface area contributed by atoms with Gasteiger partial charge in [0.25, 0.3) is 0 Å². The molecule has 9 heteroatoms. The molecular weight excluding hydrogens is 416 g/mol. The number of hydrogen-bond acceptors (Lipinski definition) is 7. The first kappa shape index (κ1) is 22.4. The number of amidine groups is 1. The average Bonchev–Trinajstić information content (AvgIpc) is 3.05. The standard InChI is InChI=1S/C19H24N2O4S3/c1-6-12-8-7-9-13(10-12)28(23,24)15-11-14(27-17(15)26-5)16(20)21-18(22)25-19(2,3)4/h7-11H,6H2,1-5H3,(H2,20,21,22). The number of sulfone groups is 1. The van der Waals surface area contributed by atoms with Gasteiger partial charge in [0, 0.05) is 0 Å². The zero-order valence-corrected chi connectivity index (χ0v) is 18.9. The van der Waals surface area contributed by atoms with Crippen LogP contribution in [0.25, 0.3) is 0 Å². The summed E-state index contributed by atoms with van der Waals surface area (Å²) in [6.07, 6.45) is 1.76. The summed E-state index contributed by atoms with van der Waals surface area (Å²) in [5.74, 6) is -0.196. The third-order valence-corrected chi connectivity index (χ3v) is 7.95. The molecule has 0 atom stereocenters. The van der Waals surface area contributed by atoms with Crippen LogP contribution in [-0.2, 0) is 21.0 Å². The van der Waals surface area contributed by atoms with Crippen LogP contribution in [0, 0.1) is 5.41 Å². The van der Waals surface area contributed by atoms with Crippen LogP contribution >= 0.6 is 23.1 Å². The Morgan fingerprint density at radius 2 is 1.96 bits per heavy atom. The molecule has 0 bridgehead atoms. The second-order valence-corrected chi connectivity index (χ2v) is 11.0. The van der Waals surface area contributed by atoms with Crippen LogP contribution in [0.3, 0.4) is 0 Å². The molecule has 152 valence electrons. The van der Waals surface area contributed by atoms with E-state index in [4.69, 9.17) is 10.1 Å². The van der Waals surface area contributed by atoms with E-state index in [0.29, 0.717) is 9.09 Å². The predicted octanol–water partition coefficient (Wildman–Crippen LogP) is 4.72. The van der Waals surface area contributed by atoms with Gasteiger partial charge in [-0.25, -0.2) is 13.2 Å². The van der Waals surface area contributed by atoms with Gasteiger partial charge >= 0.3 is 6.09 Å². The van der Waals surface area contributed by atoms with Crippen molar-refractivity contribution in [3.63, 3.8) is 0 Å². The first-order valence-corrected chi connectivity index (χ1v) is 12.1. The molecule has 1 amide bonds. The molecule has 0 saturated heterocycles. The Bertz CT molecular complexity index is 989. The normalized spacial score (nSPS) is 11.9. The molecular formula is C19H24N2O4S3. The summed E-state index contributed by atoms with van der Waals surface area (Å²) in [4.78, 5) is 12.6. The van der Waals surface area contributed by atoms with Gasteiger partial charge in [-0.3, -0.25) is 10.7 Å². The van der Waals surface area contributed by atoms with Crippen LogP contribution < -0.4 is 5.32 Å². The summed E-state index contributed by atoms with van der Waals surface area (Å²) in [5.41, 5.74) is 0.241. The Morgan fingerprint density at radius 1 is 1.29 bits per heavy atom. The Labute approximate surface area is 174 Å². The summed E-state index contributed by atoms with van der Waals surface area (Å²) in [7, 11) is -3.74. The molecule has 0 fully saturated rings. The lowest BCUT2D eigenvalue weighted by atomic mass is 10.2. The summed E-state index contributed by atoms with van der Waals surface area (Å²) >= 11 is 2.44. The number of thioether (sulfide) groups is 1. The van der Waals surface area contributed by atoms with Crippen molar-refractivity contribution in [2.45, 2.75) is 53.7 Å². The van der Waals surface area contributed by atoms with Crippen LogP contribution in [0.4, 0.5) is 4.79 Å². The van der Waals surface area contributed by atoms with Crippen molar-refractivity contribution in [3.8, 4) is 0 Å². The van der Waals surface area contributed by atoms with Gasteiger partial charge in [-0.15, -0.1) is 23.1 Å². The van der Waals surface area contributed by atoms with E-state index in [1.165, 1.54) is 17.8 Å². The number of ether oxygens (including phenoxy) is 1. The van der Waals surface area contributed by atoms with Crippen molar-refractivity contribution in [1.82, 2.24) is 5.32 Å². The van der Waals surface area contributed by atoms with Crippen molar-refractivity contribution >= 4 is 44.9 Å². The molecule has 28 heavy (non-hydrogen) atoms. The van der Waals surface area contributed by atoms with Crippen LogP contribution in [0.2, 0.25) is 0 Å². The van der Waals surface area contributed by atoms with E-state index in [0.717, 1.165) is 23.3 Å². The highest BCUT2D eigenvalue weighted by Gasteiger charge is 2.26. The maximum Gasteiger partial charge on any atom is 0.413 e. The Morgan fingerprint density at radius 3 is 2.54 bits per heavy atom. The molecule has 1 aromatic carbocycles. The van der Waals surface area contributed by atoms with E-state index in [1.54, 1.807) is 45.2 Å². The minimum atomic E-state index is -3.74. The Balaban J connectivity index is 2.36. The third kappa shape index (κ3) is 5.36. The van der Waals surface area contributed by atoms with Gasteiger partial charge in [-0.2, -0.15) is 0 Å². The van der Waals surface area contributed by atoms with Gasteiger partial charge in [0.2, 0.25) is 9.84 Å². The molecule has 0 spiro atoms. The lowest BCUT2D eigenvalue weighted by Crippen LogP contribution is -2.36. The lowest BCUT2D eigenvalue weighted by molar-refractivity contribution is 0.0563. The molecule has 2 aromatic rings. The van der Waals surface area contributed by atoms with Crippen molar-refractivity contribution < 1.29 is 17.9 Å². The highest BCUT2D eigenvalue weighted by Crippen LogP contribution is 2.37. The third-order valence-electron chi connectivity index (χ3n) is 3.63. The minimum absolute atomic E-state index is 0.143. The second kappa shape index (κ2) is 8.67. The van der Waals surface area contributed by atoms with Gasteiger partial charge in [-0.1, -0.05) is 19.1 Å². The monoisotopic (exact) mass is 440 g/mol. The molecule has 0 radical (unpaired) electrons. The van der Waals surface area contributed by atoms with E-state index in [-0.39, 0.29) is 15.6 Å². The zero-order chi connectivity index (χ0) is 21.1. The van der Waals surface area contributed by atoms with Crippen molar-refractivity contribution in [2.75, 3.05) is 6.26 Å². The van der Waals surface area contributed by atoms with E-state index >= 15 is 0 Å². The number of thiophene rings is 1. The number of nitrogens with one attached hydrogen (secondary N) is 2. The molecule has 2 N–H and O–H groups in total. The number of carbonyl (C=O) groups excluding carboxylic acids is 1. The lowest BCUT2D eigenvalue weighted by Gasteiger charge is -2.19. The molecule has 1 heterocycles. The molecule has 0 aliphatic heterocycles. The minimum Gasteiger partial charge on any atom is -0.444 e. The maximum atomic E-state index is 13.1. The van der Waals surface area contributed by atoms with E-state index in [9.17, 15) is 13.2 Å². The number of rotatable bonds is 5. The topological polar surface area (TPSA) is 96.3 Å². The van der Waals surface area contributed by atoms with Gasteiger partial charge in [0.05, 0.1) is 18.9 Å². The van der Waals surface area contributed by atoms with Gasteiger partial charge in [-0.05, 0) is 57.2 Å². The maximum absolute atomic E-state index is 13.1. The van der Waals surface area contributed by atoms with Crippen LogP contribution in [-0.4, -0.2) is 32.2 Å². The molecule has 6 nitrogen and oxygen atoms in total. The summed E-state index contributed by atoms with van der Waals surface area (Å²) in [5, 5.41) is 10.5. The highest BCUT2D eigenvalue weighted by atomic mass is 32.2. The largest absolute Gasteiger partial charge is 0.444 e. The summed E-state index contributed by atoms with van der Waals surface area (Å²) in [6.45, 7) is 7.14. The second-order valence-electron chi connectivity index (χ2n) is 6.97. The quantitative estimate of drug-likeness (QED) is 0.398. The van der Waals surface area contributed by atoms with Crippen LogP contribution in [0.1, 0.15) is 38.1 Å². The first-order valence-electron chi connectivity index (χ1n) is 8.58. The summed E-state index contributed by atoms with van der Waals surface area (Å²) in [6, 6.07) is 8.28. The molecule has 0 aliphatic carbocycles. The van der Waals surface area contributed by atoms with Crippen molar-refractivity contribution in [1.29, 1.82) is 5.41 Å². The first-order chi connectivity index (χ1) is 13.0. The zero-order valence-electron chi connectivity index (χ0n) is 16.5. The molecule has 1 aromatic heterocycles. The molecule has 2 rings (SSSR count). The number of alkyl carbamates (subject to hydrolysis) is 1. The van der Waals surface area contributed by atoms with Crippen LogP contribution in [0.15, 0.2) is 44.3 Å². The van der Waals surface area contributed by atoms with E-state index < -0.39 is 21.5 Å². The fourth-order valence-electron chi connectivity index (χ4n) is 2.34. The van der Waals surface area contributed by atoms with Crippen molar-refractivity contribution in [3.05, 3.63) is 40.8 Å². The SMILES string of the molecule is CCc1cccc(S(=O)(=O)c2cc(C(=N)NC(=O)OC(C)(C)C)sc2SC)c1. The number of amides is 1. The highest BCUT2D eigenvalue weighted by molar-refractivity contribution is 8.01. The number of hydrogen-bond donors (Lipinski definition) is 2. The van der Waals surface area contributed by atoms with E-state index in [2.05, 4.69) is 5.32 Å². The van der Waals surface area contributed by atoms with Gasteiger partial charge in [0.1, 0.15) is 11.4 Å². The Hall–Kier alpha value is -1.84. The van der Waals surface area contributed by atoms with E-state index in [1.807, 2.05) is 13.0 Å².